The lowest BCUT2D eigenvalue weighted by molar-refractivity contribution is 0.262. The van der Waals surface area contributed by atoms with Crippen molar-refractivity contribution in [3.05, 3.63) is 76.8 Å². The second-order valence-corrected chi connectivity index (χ2v) is 5.35. The summed E-state index contributed by atoms with van der Waals surface area (Å²) < 4.78 is 14.4. The van der Waals surface area contributed by atoms with Crippen LogP contribution in [0.5, 0.6) is 0 Å². The van der Waals surface area contributed by atoms with E-state index in [0.29, 0.717) is 17.1 Å². The highest BCUT2D eigenvalue weighted by Gasteiger charge is 2.05. The fourth-order valence-corrected chi connectivity index (χ4v) is 2.24. The van der Waals surface area contributed by atoms with Crippen molar-refractivity contribution in [1.82, 2.24) is 9.78 Å². The molecule has 0 atom stereocenters. The van der Waals surface area contributed by atoms with E-state index in [4.69, 9.17) is 0 Å². The van der Waals surface area contributed by atoms with E-state index < -0.39 is 11.8 Å². The normalized spacial score (nSPS) is 10.3. The second-order valence-electron chi connectivity index (χ2n) is 5.35. The number of rotatable bonds is 3. The zero-order valence-electron chi connectivity index (χ0n) is 13.4. The van der Waals surface area contributed by atoms with Gasteiger partial charge in [0, 0.05) is 30.1 Å². The zero-order chi connectivity index (χ0) is 17.8. The highest BCUT2D eigenvalue weighted by molar-refractivity contribution is 5.99. The maximum Gasteiger partial charge on any atom is 0.323 e. The van der Waals surface area contributed by atoms with Gasteiger partial charge in [0.15, 0.2) is 0 Å². The van der Waals surface area contributed by atoms with Crippen molar-refractivity contribution in [3.8, 4) is 11.3 Å². The Morgan fingerprint density at radius 2 is 1.72 bits per heavy atom. The highest BCUT2D eigenvalue weighted by Crippen LogP contribution is 2.19. The fourth-order valence-electron chi connectivity index (χ4n) is 2.24. The minimum atomic E-state index is -0.474. The van der Waals surface area contributed by atoms with Gasteiger partial charge in [-0.25, -0.2) is 13.9 Å². The largest absolute Gasteiger partial charge is 0.323 e. The summed E-state index contributed by atoms with van der Waals surface area (Å²) in [5, 5.41) is 9.38. The Kier molecular flexibility index (Phi) is 4.56. The quantitative estimate of drug-likeness (QED) is 0.770. The predicted molar refractivity (Wildman–Crippen MR) is 94.0 cm³/mol. The molecule has 3 rings (SSSR count). The lowest BCUT2D eigenvalue weighted by Crippen LogP contribution is -2.19. The summed E-state index contributed by atoms with van der Waals surface area (Å²) in [6.07, 6.45) is 0. The molecule has 0 unspecified atom stereocenters. The van der Waals surface area contributed by atoms with Gasteiger partial charge < -0.3 is 10.6 Å². The van der Waals surface area contributed by atoms with E-state index in [1.807, 2.05) is 0 Å². The summed E-state index contributed by atoms with van der Waals surface area (Å²) >= 11 is 0. The molecule has 1 aromatic heterocycles. The van der Waals surface area contributed by atoms with Crippen LogP contribution in [0.1, 0.15) is 0 Å². The smallest absolute Gasteiger partial charge is 0.308 e. The standard InChI is InChI=1S/C18H15FN4O2/c1-23-17(24)10-9-16(22-23)12-5-7-14(8-6-12)20-18(25)21-15-4-2-3-13(19)11-15/h2-11H,1H3,(H2,20,21,25). The molecule has 2 N–H and O–H groups in total. The number of carbonyl (C=O) groups excluding carboxylic acids is 1. The van der Waals surface area contributed by atoms with Crippen molar-refractivity contribution < 1.29 is 9.18 Å². The second kappa shape index (κ2) is 6.96. The van der Waals surface area contributed by atoms with Gasteiger partial charge in [0.05, 0.1) is 5.69 Å². The van der Waals surface area contributed by atoms with Crippen molar-refractivity contribution in [2.24, 2.45) is 7.05 Å². The molecule has 7 heteroatoms. The number of amides is 2. The molecule has 0 aliphatic rings. The molecule has 6 nitrogen and oxygen atoms in total. The van der Waals surface area contributed by atoms with Gasteiger partial charge in [-0.1, -0.05) is 18.2 Å². The van der Waals surface area contributed by atoms with Crippen LogP contribution in [0, 0.1) is 5.82 Å². The van der Waals surface area contributed by atoms with Crippen LogP contribution < -0.4 is 16.2 Å². The Hall–Kier alpha value is -3.48. The molecule has 0 aliphatic carbocycles. The first-order chi connectivity index (χ1) is 12.0. The minimum absolute atomic E-state index is 0.184. The Bertz CT molecular complexity index is 967. The van der Waals surface area contributed by atoms with Gasteiger partial charge >= 0.3 is 6.03 Å². The van der Waals surface area contributed by atoms with Crippen molar-refractivity contribution >= 4 is 17.4 Å². The molecule has 126 valence electrons. The molecule has 0 aliphatic heterocycles. The number of aryl methyl sites for hydroxylation is 1. The van der Waals surface area contributed by atoms with Crippen LogP contribution in [0.2, 0.25) is 0 Å². The lowest BCUT2D eigenvalue weighted by atomic mass is 10.1. The maximum atomic E-state index is 13.1. The third kappa shape index (κ3) is 4.08. The van der Waals surface area contributed by atoms with Crippen molar-refractivity contribution in [1.29, 1.82) is 0 Å². The van der Waals surface area contributed by atoms with Gasteiger partial charge in [-0.3, -0.25) is 4.79 Å². The number of urea groups is 1. The predicted octanol–water partition coefficient (Wildman–Crippen LogP) is 3.23. The molecule has 1 heterocycles. The van der Waals surface area contributed by atoms with Crippen LogP contribution in [-0.2, 0) is 7.05 Å². The molecule has 0 spiro atoms. The van der Waals surface area contributed by atoms with E-state index >= 15 is 0 Å². The summed E-state index contributed by atoms with van der Waals surface area (Å²) in [7, 11) is 1.58. The monoisotopic (exact) mass is 338 g/mol. The van der Waals surface area contributed by atoms with Crippen LogP contribution >= 0.6 is 0 Å². The highest BCUT2D eigenvalue weighted by atomic mass is 19.1. The topological polar surface area (TPSA) is 76.0 Å². The fraction of sp³-hybridized carbons (Fsp3) is 0.0556. The Balaban J connectivity index is 1.68. The molecule has 25 heavy (non-hydrogen) atoms. The summed E-state index contributed by atoms with van der Waals surface area (Å²) in [6.45, 7) is 0. The molecule has 0 radical (unpaired) electrons. The number of nitrogens with zero attached hydrogens (tertiary/aromatic N) is 2. The number of aromatic nitrogens is 2. The van der Waals surface area contributed by atoms with Crippen LogP contribution in [-0.4, -0.2) is 15.8 Å². The molecule has 0 fully saturated rings. The molecular formula is C18H15FN4O2. The Labute approximate surface area is 142 Å². The van der Waals surface area contributed by atoms with Gasteiger partial charge in [-0.15, -0.1) is 0 Å². The molecule has 0 bridgehead atoms. The SMILES string of the molecule is Cn1nc(-c2ccc(NC(=O)Nc3cccc(F)c3)cc2)ccc1=O. The van der Waals surface area contributed by atoms with E-state index in [0.717, 1.165) is 5.56 Å². The maximum absolute atomic E-state index is 13.1. The van der Waals surface area contributed by atoms with Gasteiger partial charge in [-0.2, -0.15) is 5.10 Å². The number of halogens is 1. The third-order valence-corrected chi connectivity index (χ3v) is 3.48. The number of nitrogens with one attached hydrogen (secondary N) is 2. The van der Waals surface area contributed by atoms with Crippen LogP contribution in [0.25, 0.3) is 11.3 Å². The molecule has 2 amide bonds. The van der Waals surface area contributed by atoms with E-state index in [1.165, 1.54) is 28.9 Å². The molecular weight excluding hydrogens is 323 g/mol. The summed E-state index contributed by atoms with van der Waals surface area (Å²) in [4.78, 5) is 23.3. The number of hydrogen-bond acceptors (Lipinski definition) is 3. The van der Waals surface area contributed by atoms with Gasteiger partial charge in [0.25, 0.3) is 5.56 Å². The molecule has 3 aromatic rings. The Morgan fingerprint density at radius 3 is 2.40 bits per heavy atom. The lowest BCUT2D eigenvalue weighted by Gasteiger charge is -2.08. The van der Waals surface area contributed by atoms with Crippen molar-refractivity contribution in [3.63, 3.8) is 0 Å². The number of hydrogen-bond donors (Lipinski definition) is 2. The first-order valence-electron chi connectivity index (χ1n) is 7.50. The van der Waals surface area contributed by atoms with E-state index in [2.05, 4.69) is 15.7 Å². The number of benzene rings is 2. The van der Waals surface area contributed by atoms with Crippen molar-refractivity contribution in [2.45, 2.75) is 0 Å². The molecule has 0 saturated carbocycles. The van der Waals surface area contributed by atoms with Crippen LogP contribution in [0.4, 0.5) is 20.6 Å². The van der Waals surface area contributed by atoms with E-state index in [9.17, 15) is 14.0 Å². The number of anilines is 2. The first kappa shape index (κ1) is 16.4. The van der Waals surface area contributed by atoms with Crippen molar-refractivity contribution in [2.75, 3.05) is 10.6 Å². The molecule has 0 saturated heterocycles. The van der Waals surface area contributed by atoms with Gasteiger partial charge in [0.1, 0.15) is 5.82 Å². The first-order valence-corrected chi connectivity index (χ1v) is 7.50. The minimum Gasteiger partial charge on any atom is -0.308 e. The third-order valence-electron chi connectivity index (χ3n) is 3.48. The van der Waals surface area contributed by atoms with E-state index in [1.54, 1.807) is 43.4 Å². The Morgan fingerprint density at radius 1 is 1.00 bits per heavy atom. The summed E-state index contributed by atoms with van der Waals surface area (Å²) in [5.74, 6) is -0.424. The van der Waals surface area contributed by atoms with Gasteiger partial charge in [-0.05, 0) is 36.4 Å². The summed E-state index contributed by atoms with van der Waals surface area (Å²) in [5.41, 5.74) is 2.21. The average Bonchev–Trinajstić information content (AvgIpc) is 2.58. The van der Waals surface area contributed by atoms with Gasteiger partial charge in [0.2, 0.25) is 0 Å². The van der Waals surface area contributed by atoms with Crippen LogP contribution in [0.3, 0.4) is 0 Å². The zero-order valence-corrected chi connectivity index (χ0v) is 13.4. The molecule has 2 aromatic carbocycles. The number of carbonyl (C=O) groups is 1. The van der Waals surface area contributed by atoms with E-state index in [-0.39, 0.29) is 5.56 Å². The summed E-state index contributed by atoms with van der Waals surface area (Å²) in [6, 6.07) is 15.2. The van der Waals surface area contributed by atoms with Crippen LogP contribution in [0.15, 0.2) is 65.5 Å². The average molecular weight is 338 g/mol.